The summed E-state index contributed by atoms with van der Waals surface area (Å²) >= 11 is 0. The van der Waals surface area contributed by atoms with E-state index in [2.05, 4.69) is 70.2 Å². The van der Waals surface area contributed by atoms with Gasteiger partial charge in [0.25, 0.3) is 0 Å². The van der Waals surface area contributed by atoms with E-state index < -0.39 is 24.3 Å². The SMILES string of the molecule is COC(=O)N[C@H](C(=O)N1CCC[C@H]1C1=Nc2ccc(-c3ccc4c(c3)CCc3cc(-c5cnc([C@@H]6CCCN6C(=O)[C@@H](NC(=O)OC)C(C)C)[nH]5)ccc3-4)cc2C1)C(C)C. The van der Waals surface area contributed by atoms with Crippen molar-refractivity contribution in [3.63, 3.8) is 0 Å². The number of aryl methyl sites for hydroxylation is 2. The van der Waals surface area contributed by atoms with Crippen molar-refractivity contribution in [3.05, 3.63) is 83.3 Å². The summed E-state index contributed by atoms with van der Waals surface area (Å²) in [5.74, 6) is 0.355. The van der Waals surface area contributed by atoms with Gasteiger partial charge in [-0.2, -0.15) is 0 Å². The topological polar surface area (TPSA) is 158 Å². The minimum absolute atomic E-state index is 0.0836. The number of aromatic nitrogens is 2. The second-order valence-electron chi connectivity index (χ2n) is 17.1. The van der Waals surface area contributed by atoms with Crippen molar-refractivity contribution >= 4 is 35.4 Å². The molecule has 2 saturated heterocycles. The standard InChI is InChI=1S/C47H55N7O6/c1-26(2)41(51-46(57)59-5)44(55)53-19-7-9-39(53)37-24-33-22-29(15-18-36(33)49-37)28-13-16-34-30(21-28)11-12-31-23-32(14-17-35(31)34)38-25-48-43(50-38)40-10-8-20-54(40)45(56)42(27(3)4)52-47(58)60-6/h13-18,21-23,25-27,39-42H,7-12,19-20,24H2,1-6H3,(H,48,50)(H,51,57)(H,52,58)/t39-,40-,41-,42-/m0/s1. The number of aliphatic imine (C=N–C) groups is 1. The molecule has 0 unspecified atom stereocenters. The lowest BCUT2D eigenvalue weighted by atomic mass is 9.83. The Hall–Kier alpha value is -5.98. The fourth-order valence-electron chi connectivity index (χ4n) is 9.44. The molecule has 3 aliphatic heterocycles. The Morgan fingerprint density at radius 3 is 1.80 bits per heavy atom. The number of imidazole rings is 1. The van der Waals surface area contributed by atoms with Gasteiger partial charge in [-0.15, -0.1) is 0 Å². The van der Waals surface area contributed by atoms with E-state index in [4.69, 9.17) is 19.5 Å². The maximum atomic E-state index is 13.7. The number of rotatable bonds is 10. The number of methoxy groups -OCH3 is 2. The number of carbonyl (C=O) groups excluding carboxylic acids is 4. The van der Waals surface area contributed by atoms with Gasteiger partial charge in [0.05, 0.1) is 43.9 Å². The fraction of sp³-hybridized carbons (Fsp3) is 0.447. The third-order valence-electron chi connectivity index (χ3n) is 12.7. The van der Waals surface area contributed by atoms with Crippen LogP contribution in [0.1, 0.15) is 81.9 Å². The summed E-state index contributed by atoms with van der Waals surface area (Å²) in [7, 11) is 2.61. The van der Waals surface area contributed by atoms with E-state index in [1.54, 1.807) is 0 Å². The first-order chi connectivity index (χ1) is 28.9. The van der Waals surface area contributed by atoms with Crippen LogP contribution in [0.5, 0.6) is 0 Å². The molecule has 60 heavy (non-hydrogen) atoms. The maximum Gasteiger partial charge on any atom is 0.407 e. The van der Waals surface area contributed by atoms with Gasteiger partial charge in [0.15, 0.2) is 0 Å². The van der Waals surface area contributed by atoms with Crippen molar-refractivity contribution in [2.45, 2.75) is 96.8 Å². The second-order valence-corrected chi connectivity index (χ2v) is 17.1. The predicted octanol–water partition coefficient (Wildman–Crippen LogP) is 7.55. The number of alkyl carbamates (subject to hydrolysis) is 2. The number of aromatic amines is 1. The van der Waals surface area contributed by atoms with Gasteiger partial charge < -0.3 is 34.9 Å². The summed E-state index contributed by atoms with van der Waals surface area (Å²) in [5, 5.41) is 5.46. The minimum atomic E-state index is -0.681. The molecule has 4 heterocycles. The van der Waals surface area contributed by atoms with Crippen LogP contribution in [-0.2, 0) is 38.3 Å². The van der Waals surface area contributed by atoms with Crippen molar-refractivity contribution in [2.75, 3.05) is 27.3 Å². The molecule has 4 aromatic rings. The number of hydrogen-bond donors (Lipinski definition) is 3. The Kier molecular flexibility index (Phi) is 11.5. The van der Waals surface area contributed by atoms with Crippen LogP contribution in [0.2, 0.25) is 0 Å². The van der Waals surface area contributed by atoms with Crippen LogP contribution in [0, 0.1) is 11.8 Å². The van der Waals surface area contributed by atoms with Gasteiger partial charge in [-0.3, -0.25) is 14.6 Å². The first-order valence-electron chi connectivity index (χ1n) is 21.3. The highest BCUT2D eigenvalue weighted by Crippen LogP contribution is 2.40. The molecule has 4 aliphatic rings. The number of hydrogen-bond acceptors (Lipinski definition) is 8. The van der Waals surface area contributed by atoms with Crippen LogP contribution in [0.15, 0.2) is 65.8 Å². The quantitative estimate of drug-likeness (QED) is 0.149. The first-order valence-corrected chi connectivity index (χ1v) is 21.3. The number of fused-ring (bicyclic) bond motifs is 4. The molecule has 0 spiro atoms. The summed E-state index contributed by atoms with van der Waals surface area (Å²) in [4.78, 5) is 68.4. The monoisotopic (exact) mass is 813 g/mol. The smallest absolute Gasteiger partial charge is 0.407 e. The molecule has 3 N–H and O–H groups in total. The van der Waals surface area contributed by atoms with Gasteiger partial charge in [-0.25, -0.2) is 14.6 Å². The minimum Gasteiger partial charge on any atom is -0.453 e. The molecule has 8 rings (SSSR count). The van der Waals surface area contributed by atoms with E-state index in [1.165, 1.54) is 42.0 Å². The zero-order valence-electron chi connectivity index (χ0n) is 35.3. The summed E-state index contributed by atoms with van der Waals surface area (Å²) in [5.41, 5.74) is 12.5. The Morgan fingerprint density at radius 1 is 0.700 bits per heavy atom. The average molecular weight is 814 g/mol. The number of likely N-dealkylation sites (tertiary alicyclic amines) is 2. The first kappa shape index (κ1) is 40.8. The largest absolute Gasteiger partial charge is 0.453 e. The highest BCUT2D eigenvalue weighted by molar-refractivity contribution is 6.01. The molecule has 1 aromatic heterocycles. The number of benzene rings is 3. The second kappa shape index (κ2) is 16.9. The molecule has 0 radical (unpaired) electrons. The Bertz CT molecular complexity index is 2350. The normalized spacial score (nSPS) is 19.0. The summed E-state index contributed by atoms with van der Waals surface area (Å²) in [6, 6.07) is 18.2. The molecule has 2 fully saturated rings. The van der Waals surface area contributed by atoms with E-state index in [0.717, 1.165) is 78.1 Å². The average Bonchev–Trinajstić information content (AvgIpc) is 4.09. The third kappa shape index (κ3) is 7.89. The molecule has 1 aliphatic carbocycles. The zero-order chi connectivity index (χ0) is 42.2. The molecule has 3 aromatic carbocycles. The number of nitrogens with zero attached hydrogens (tertiary/aromatic N) is 4. The molecular formula is C47H55N7O6. The molecule has 0 bridgehead atoms. The highest BCUT2D eigenvalue weighted by Gasteiger charge is 2.40. The summed E-state index contributed by atoms with van der Waals surface area (Å²) < 4.78 is 9.58. The van der Waals surface area contributed by atoms with Crippen LogP contribution in [0.3, 0.4) is 0 Å². The lowest BCUT2D eigenvalue weighted by Gasteiger charge is -2.30. The molecular weight excluding hydrogens is 759 g/mol. The van der Waals surface area contributed by atoms with Gasteiger partial charge >= 0.3 is 12.2 Å². The van der Waals surface area contributed by atoms with E-state index in [-0.39, 0.29) is 35.7 Å². The number of carbonyl (C=O) groups is 4. The number of nitrogens with one attached hydrogen (secondary N) is 3. The van der Waals surface area contributed by atoms with Gasteiger partial charge in [0, 0.05) is 25.2 Å². The van der Waals surface area contributed by atoms with Crippen molar-refractivity contribution < 1.29 is 28.7 Å². The van der Waals surface area contributed by atoms with E-state index in [0.29, 0.717) is 19.5 Å². The molecule has 4 amide bonds. The molecule has 13 nitrogen and oxygen atoms in total. The number of H-pyrrole nitrogens is 1. The molecule has 4 atom stereocenters. The van der Waals surface area contributed by atoms with Gasteiger partial charge in [0.2, 0.25) is 11.8 Å². The maximum absolute atomic E-state index is 13.7. The van der Waals surface area contributed by atoms with Crippen molar-refractivity contribution in [1.82, 2.24) is 30.4 Å². The van der Waals surface area contributed by atoms with E-state index in [1.807, 2.05) is 43.7 Å². The molecule has 0 saturated carbocycles. The van der Waals surface area contributed by atoms with Crippen LogP contribution >= 0.6 is 0 Å². The fourth-order valence-corrected chi connectivity index (χ4v) is 9.44. The molecule has 13 heteroatoms. The van der Waals surface area contributed by atoms with E-state index in [9.17, 15) is 19.2 Å². The van der Waals surface area contributed by atoms with Crippen molar-refractivity contribution in [1.29, 1.82) is 0 Å². The van der Waals surface area contributed by atoms with Crippen LogP contribution in [0.4, 0.5) is 15.3 Å². The summed E-state index contributed by atoms with van der Waals surface area (Å²) in [6.07, 6.45) is 6.57. The van der Waals surface area contributed by atoms with Gasteiger partial charge in [-0.1, -0.05) is 64.1 Å². The third-order valence-corrected chi connectivity index (χ3v) is 12.7. The van der Waals surface area contributed by atoms with Crippen molar-refractivity contribution in [3.8, 4) is 33.5 Å². The Balaban J connectivity index is 0.950. The van der Waals surface area contributed by atoms with Gasteiger partial charge in [0.1, 0.15) is 17.9 Å². The zero-order valence-corrected chi connectivity index (χ0v) is 35.3. The van der Waals surface area contributed by atoms with Crippen LogP contribution in [0.25, 0.3) is 33.5 Å². The lowest BCUT2D eigenvalue weighted by Crippen LogP contribution is -2.53. The molecule has 314 valence electrons. The Labute approximate surface area is 351 Å². The predicted molar refractivity (Wildman–Crippen MR) is 230 cm³/mol. The number of ether oxygens (including phenoxy) is 2. The van der Waals surface area contributed by atoms with Crippen molar-refractivity contribution in [2.24, 2.45) is 16.8 Å². The highest BCUT2D eigenvalue weighted by atomic mass is 16.5. The van der Waals surface area contributed by atoms with Crippen LogP contribution in [-0.4, -0.2) is 94.9 Å². The lowest BCUT2D eigenvalue weighted by molar-refractivity contribution is -0.135. The van der Waals surface area contributed by atoms with Gasteiger partial charge in [-0.05, 0) is 113 Å². The summed E-state index contributed by atoms with van der Waals surface area (Å²) in [6.45, 7) is 8.93. The van der Waals surface area contributed by atoms with E-state index >= 15 is 0 Å². The Morgan fingerprint density at radius 2 is 1.22 bits per heavy atom. The van der Waals surface area contributed by atoms with Crippen LogP contribution < -0.4 is 10.6 Å². The number of amides is 4.